The quantitative estimate of drug-likeness (QED) is 0.784. The molecule has 90 valence electrons. The summed E-state index contributed by atoms with van der Waals surface area (Å²) in [5.41, 5.74) is 0. The number of nitrogens with zero attached hydrogens (tertiary/aromatic N) is 3. The Hall–Kier alpha value is -1.36. The minimum atomic E-state index is -0.166. The zero-order chi connectivity index (χ0) is 12.1. The first-order valence-electron chi connectivity index (χ1n) is 5.45. The van der Waals surface area contributed by atoms with Gasteiger partial charge in [0, 0.05) is 32.5 Å². The molecular weight excluding hydrogens is 204 g/mol. The summed E-state index contributed by atoms with van der Waals surface area (Å²) in [6.45, 7) is 4.68. The van der Waals surface area contributed by atoms with Crippen molar-refractivity contribution in [3.63, 3.8) is 0 Å². The molecule has 0 fully saturated rings. The van der Waals surface area contributed by atoms with Crippen molar-refractivity contribution in [1.82, 2.24) is 20.0 Å². The lowest BCUT2D eigenvalue weighted by atomic mass is 10.2. The molecule has 5 nitrogen and oxygen atoms in total. The number of carbonyl (C=O) groups excluding carboxylic acids is 1. The number of hydrogen-bond acceptors (Lipinski definition) is 3. The van der Waals surface area contributed by atoms with E-state index in [0.717, 1.165) is 6.54 Å². The van der Waals surface area contributed by atoms with E-state index in [1.807, 2.05) is 30.8 Å². The summed E-state index contributed by atoms with van der Waals surface area (Å²) in [6.07, 6.45) is 3.66. The maximum absolute atomic E-state index is 11.6. The maximum atomic E-state index is 11.6. The minimum Gasteiger partial charge on any atom is -0.347 e. The van der Waals surface area contributed by atoms with Crippen LogP contribution in [0.2, 0.25) is 0 Å². The van der Waals surface area contributed by atoms with Crippen LogP contribution in [-0.2, 0) is 11.3 Å². The van der Waals surface area contributed by atoms with Gasteiger partial charge in [-0.15, -0.1) is 0 Å². The lowest BCUT2D eigenvalue weighted by molar-refractivity contribution is -0.130. The van der Waals surface area contributed by atoms with Gasteiger partial charge in [-0.25, -0.2) is 0 Å². The van der Waals surface area contributed by atoms with Crippen molar-refractivity contribution in [1.29, 1.82) is 0 Å². The van der Waals surface area contributed by atoms with Crippen LogP contribution >= 0.6 is 0 Å². The first-order chi connectivity index (χ1) is 7.50. The Labute approximate surface area is 96.4 Å². The third kappa shape index (κ3) is 3.66. The number of nitrogens with one attached hydrogen (secondary N) is 1. The second-order valence-corrected chi connectivity index (χ2v) is 4.25. The standard InChI is InChI=1S/C11H20N4O/c1-9(8-15-7-5-6-12-15)13-10(2)11(16)14(3)4/h5-7,9-10,13H,8H2,1-4H3. The molecule has 0 aliphatic heterocycles. The number of hydrogen-bond donors (Lipinski definition) is 1. The number of amides is 1. The molecule has 1 aromatic rings. The second-order valence-electron chi connectivity index (χ2n) is 4.25. The van der Waals surface area contributed by atoms with Crippen LogP contribution in [-0.4, -0.2) is 46.8 Å². The fraction of sp³-hybridized carbons (Fsp3) is 0.636. The molecule has 2 atom stereocenters. The fourth-order valence-corrected chi connectivity index (χ4v) is 1.63. The fourth-order valence-electron chi connectivity index (χ4n) is 1.63. The topological polar surface area (TPSA) is 50.2 Å². The Balaban J connectivity index is 2.39. The Morgan fingerprint density at radius 3 is 2.69 bits per heavy atom. The van der Waals surface area contributed by atoms with Crippen LogP contribution in [0.1, 0.15) is 13.8 Å². The van der Waals surface area contributed by atoms with Crippen LogP contribution in [0.4, 0.5) is 0 Å². The normalized spacial score (nSPS) is 14.5. The minimum absolute atomic E-state index is 0.0901. The van der Waals surface area contributed by atoms with E-state index in [4.69, 9.17) is 0 Å². The second kappa shape index (κ2) is 5.65. The van der Waals surface area contributed by atoms with E-state index >= 15 is 0 Å². The van der Waals surface area contributed by atoms with Gasteiger partial charge in [-0.3, -0.25) is 9.48 Å². The molecule has 2 unspecified atom stereocenters. The van der Waals surface area contributed by atoms with Gasteiger partial charge in [0.25, 0.3) is 0 Å². The number of carbonyl (C=O) groups is 1. The summed E-state index contributed by atoms with van der Waals surface area (Å²) in [4.78, 5) is 13.2. The van der Waals surface area contributed by atoms with Gasteiger partial charge < -0.3 is 10.2 Å². The molecule has 1 amide bonds. The van der Waals surface area contributed by atoms with Gasteiger partial charge in [0.1, 0.15) is 0 Å². The Morgan fingerprint density at radius 1 is 1.50 bits per heavy atom. The average Bonchev–Trinajstić information content (AvgIpc) is 2.68. The molecule has 0 saturated carbocycles. The van der Waals surface area contributed by atoms with Crippen molar-refractivity contribution in [3.8, 4) is 0 Å². The van der Waals surface area contributed by atoms with Crippen molar-refractivity contribution in [2.45, 2.75) is 32.5 Å². The van der Waals surface area contributed by atoms with Gasteiger partial charge in [-0.1, -0.05) is 0 Å². The lowest BCUT2D eigenvalue weighted by Gasteiger charge is -2.22. The predicted molar refractivity (Wildman–Crippen MR) is 63.0 cm³/mol. The van der Waals surface area contributed by atoms with Crippen LogP contribution in [0, 0.1) is 0 Å². The zero-order valence-electron chi connectivity index (χ0n) is 10.3. The van der Waals surface area contributed by atoms with Crippen molar-refractivity contribution in [2.24, 2.45) is 0 Å². The monoisotopic (exact) mass is 224 g/mol. The van der Waals surface area contributed by atoms with E-state index < -0.39 is 0 Å². The number of rotatable bonds is 5. The smallest absolute Gasteiger partial charge is 0.238 e. The predicted octanol–water partition coefficient (Wildman–Crippen LogP) is 0.338. The summed E-state index contributed by atoms with van der Waals surface area (Å²) in [7, 11) is 3.53. The summed E-state index contributed by atoms with van der Waals surface area (Å²) in [6, 6.07) is 1.93. The Bertz CT molecular complexity index is 321. The van der Waals surface area contributed by atoms with Crippen molar-refractivity contribution in [3.05, 3.63) is 18.5 Å². The van der Waals surface area contributed by atoms with Gasteiger partial charge in [0.05, 0.1) is 12.6 Å². The van der Waals surface area contributed by atoms with Gasteiger partial charge in [0.2, 0.25) is 5.91 Å². The molecule has 1 heterocycles. The van der Waals surface area contributed by atoms with E-state index in [2.05, 4.69) is 10.4 Å². The third-order valence-corrected chi connectivity index (χ3v) is 2.37. The van der Waals surface area contributed by atoms with Crippen LogP contribution in [0.5, 0.6) is 0 Å². The number of likely N-dealkylation sites (N-methyl/N-ethyl adjacent to an activating group) is 1. The van der Waals surface area contributed by atoms with E-state index in [0.29, 0.717) is 0 Å². The SMILES string of the molecule is CC(Cn1cccn1)NC(C)C(=O)N(C)C. The molecule has 0 bridgehead atoms. The summed E-state index contributed by atoms with van der Waals surface area (Å²) in [5, 5.41) is 7.37. The summed E-state index contributed by atoms with van der Waals surface area (Å²) < 4.78 is 1.85. The highest BCUT2D eigenvalue weighted by Gasteiger charge is 2.16. The molecule has 0 aliphatic carbocycles. The third-order valence-electron chi connectivity index (χ3n) is 2.37. The first kappa shape index (κ1) is 12.7. The summed E-state index contributed by atoms with van der Waals surface area (Å²) in [5.74, 6) is 0.0901. The highest BCUT2D eigenvalue weighted by atomic mass is 16.2. The van der Waals surface area contributed by atoms with E-state index in [9.17, 15) is 4.79 Å². The van der Waals surface area contributed by atoms with Crippen LogP contribution in [0.3, 0.4) is 0 Å². The van der Waals surface area contributed by atoms with Crippen molar-refractivity contribution in [2.75, 3.05) is 14.1 Å². The Morgan fingerprint density at radius 2 is 2.19 bits per heavy atom. The van der Waals surface area contributed by atoms with Crippen LogP contribution < -0.4 is 5.32 Å². The van der Waals surface area contributed by atoms with E-state index in [-0.39, 0.29) is 18.0 Å². The average molecular weight is 224 g/mol. The van der Waals surface area contributed by atoms with E-state index in [1.165, 1.54) is 0 Å². The van der Waals surface area contributed by atoms with Crippen molar-refractivity contribution >= 4 is 5.91 Å². The molecule has 0 aromatic carbocycles. The summed E-state index contributed by atoms with van der Waals surface area (Å²) >= 11 is 0. The first-order valence-corrected chi connectivity index (χ1v) is 5.45. The maximum Gasteiger partial charge on any atom is 0.238 e. The molecule has 0 aliphatic rings. The Kier molecular flexibility index (Phi) is 4.49. The molecule has 1 rings (SSSR count). The molecule has 0 saturated heterocycles. The van der Waals surface area contributed by atoms with Crippen LogP contribution in [0.15, 0.2) is 18.5 Å². The van der Waals surface area contributed by atoms with Gasteiger partial charge in [-0.05, 0) is 19.9 Å². The molecule has 0 radical (unpaired) electrons. The largest absolute Gasteiger partial charge is 0.347 e. The van der Waals surface area contributed by atoms with Crippen molar-refractivity contribution < 1.29 is 4.79 Å². The zero-order valence-corrected chi connectivity index (χ0v) is 10.3. The number of aromatic nitrogens is 2. The van der Waals surface area contributed by atoms with Crippen LogP contribution in [0.25, 0.3) is 0 Å². The van der Waals surface area contributed by atoms with Gasteiger partial charge in [0.15, 0.2) is 0 Å². The lowest BCUT2D eigenvalue weighted by Crippen LogP contribution is -2.46. The molecule has 0 spiro atoms. The van der Waals surface area contributed by atoms with E-state index in [1.54, 1.807) is 25.2 Å². The van der Waals surface area contributed by atoms with Gasteiger partial charge >= 0.3 is 0 Å². The molecular formula is C11H20N4O. The molecule has 5 heteroatoms. The van der Waals surface area contributed by atoms with Gasteiger partial charge in [-0.2, -0.15) is 5.10 Å². The molecule has 1 N–H and O–H groups in total. The highest BCUT2D eigenvalue weighted by Crippen LogP contribution is 1.95. The molecule has 1 aromatic heterocycles. The molecule has 16 heavy (non-hydrogen) atoms. The highest BCUT2D eigenvalue weighted by molar-refractivity contribution is 5.80.